The molecular weight excluding hydrogens is 496 g/mol. The van der Waals surface area contributed by atoms with Gasteiger partial charge in [-0.25, -0.2) is 9.48 Å². The van der Waals surface area contributed by atoms with Gasteiger partial charge in [0, 0.05) is 48.3 Å². The number of carboxylic acid groups (broad SMARTS) is 1. The molecule has 3 heterocycles. The largest absolute Gasteiger partial charge is 0.497 e. The minimum atomic E-state index is -1.12. The summed E-state index contributed by atoms with van der Waals surface area (Å²) in [4.78, 5) is 30.4. The Labute approximate surface area is 226 Å². The summed E-state index contributed by atoms with van der Waals surface area (Å²) in [5.41, 5.74) is 3.29. The Morgan fingerprint density at radius 3 is 2.31 bits per heavy atom. The summed E-state index contributed by atoms with van der Waals surface area (Å²) in [5.74, 6) is -0.687. The zero-order valence-electron chi connectivity index (χ0n) is 22.0. The summed E-state index contributed by atoms with van der Waals surface area (Å²) in [5, 5.41) is 24.4. The van der Waals surface area contributed by atoms with Crippen molar-refractivity contribution in [1.29, 1.82) is 0 Å². The molecule has 9 nitrogen and oxygen atoms in total. The number of likely N-dealkylation sites (tertiary alicyclic amines) is 1. The van der Waals surface area contributed by atoms with Crippen LogP contribution in [0.5, 0.6) is 5.75 Å². The fraction of sp³-hybridized carbons (Fsp3) is 0.433. The highest BCUT2D eigenvalue weighted by Crippen LogP contribution is 2.55. The third-order valence-corrected chi connectivity index (χ3v) is 9.12. The van der Waals surface area contributed by atoms with Crippen LogP contribution in [0.3, 0.4) is 0 Å². The van der Waals surface area contributed by atoms with Gasteiger partial charge in [0.1, 0.15) is 11.4 Å². The van der Waals surface area contributed by atoms with Gasteiger partial charge in [0.2, 0.25) is 0 Å². The molecule has 2 aliphatic heterocycles. The lowest BCUT2D eigenvalue weighted by molar-refractivity contribution is 0.0688. The zero-order valence-corrected chi connectivity index (χ0v) is 22.0. The lowest BCUT2D eigenvalue weighted by Gasteiger charge is -2.34. The lowest BCUT2D eigenvalue weighted by Crippen LogP contribution is -2.44. The van der Waals surface area contributed by atoms with Crippen LogP contribution in [0.1, 0.15) is 64.2 Å². The maximum absolute atomic E-state index is 14.1. The lowest BCUT2D eigenvalue weighted by atomic mass is 9.88. The van der Waals surface area contributed by atoms with Gasteiger partial charge in [-0.1, -0.05) is 12.1 Å². The van der Waals surface area contributed by atoms with Gasteiger partial charge in [-0.15, -0.1) is 0 Å². The molecule has 9 heteroatoms. The van der Waals surface area contributed by atoms with Gasteiger partial charge in [-0.05, 0) is 74.1 Å². The number of aliphatic hydroxyl groups is 1. The Kier molecular flexibility index (Phi) is 5.41. The molecule has 7 rings (SSSR count). The van der Waals surface area contributed by atoms with Gasteiger partial charge in [-0.2, -0.15) is 5.10 Å². The molecule has 1 aromatic heterocycles. The number of anilines is 1. The first-order valence-electron chi connectivity index (χ1n) is 13.7. The summed E-state index contributed by atoms with van der Waals surface area (Å²) in [7, 11) is 1.58. The maximum Gasteiger partial charge on any atom is 0.356 e. The van der Waals surface area contributed by atoms with Crippen LogP contribution in [0.4, 0.5) is 5.69 Å². The number of carbonyl (C=O) groups excluding carboxylic acids is 1. The molecule has 2 saturated carbocycles. The van der Waals surface area contributed by atoms with Gasteiger partial charge < -0.3 is 19.8 Å². The summed E-state index contributed by atoms with van der Waals surface area (Å²) >= 11 is 0. The van der Waals surface area contributed by atoms with E-state index in [-0.39, 0.29) is 23.1 Å². The van der Waals surface area contributed by atoms with E-state index in [1.165, 1.54) is 10.2 Å². The van der Waals surface area contributed by atoms with Crippen molar-refractivity contribution in [2.24, 2.45) is 0 Å². The number of aromatic carboxylic acids is 1. The van der Waals surface area contributed by atoms with E-state index in [0.29, 0.717) is 29.2 Å². The molecule has 3 fully saturated rings. The highest BCUT2D eigenvalue weighted by Gasteiger charge is 2.56. The number of aromatic nitrogens is 2. The monoisotopic (exact) mass is 528 g/mol. The van der Waals surface area contributed by atoms with Crippen molar-refractivity contribution in [2.45, 2.75) is 49.0 Å². The molecule has 2 aliphatic carbocycles. The standard InChI is InChI=1S/C30H32N4O5/c1-39-23-8-6-21(7-9-23)34-26-24(25(31-34)28(37)38)30(13-14-30)18-33(27(26)36)20-4-2-19(3-5-20)29(11-12-29)17-32-15-10-22(35)16-32/h2-9,22,35H,10-18H2,1H3,(H,37,38)/t22-/m1/s1. The fourth-order valence-corrected chi connectivity index (χ4v) is 6.59. The third kappa shape index (κ3) is 3.94. The molecular formula is C30H32N4O5. The van der Waals surface area contributed by atoms with Crippen LogP contribution in [-0.4, -0.2) is 76.2 Å². The molecule has 0 bridgehead atoms. The maximum atomic E-state index is 14.1. The van der Waals surface area contributed by atoms with E-state index >= 15 is 0 Å². The first-order valence-corrected chi connectivity index (χ1v) is 13.7. The summed E-state index contributed by atoms with van der Waals surface area (Å²) < 4.78 is 6.76. The topological polar surface area (TPSA) is 108 Å². The number of hydrogen-bond acceptors (Lipinski definition) is 6. The van der Waals surface area contributed by atoms with Crippen molar-refractivity contribution in [3.8, 4) is 11.4 Å². The van der Waals surface area contributed by atoms with E-state index < -0.39 is 11.4 Å². The number of nitrogens with zero attached hydrogens (tertiary/aromatic N) is 4. The van der Waals surface area contributed by atoms with E-state index in [4.69, 9.17) is 4.74 Å². The van der Waals surface area contributed by atoms with Gasteiger partial charge in [0.05, 0.1) is 18.9 Å². The molecule has 202 valence electrons. The Morgan fingerprint density at radius 1 is 1.05 bits per heavy atom. The second kappa shape index (κ2) is 8.66. The number of ether oxygens (including phenoxy) is 1. The number of amides is 1. The zero-order chi connectivity index (χ0) is 26.9. The normalized spacial score (nSPS) is 22.7. The Hall–Kier alpha value is -3.69. The highest BCUT2D eigenvalue weighted by atomic mass is 16.5. The van der Waals surface area contributed by atoms with Crippen molar-refractivity contribution in [3.63, 3.8) is 0 Å². The van der Waals surface area contributed by atoms with Crippen LogP contribution < -0.4 is 9.64 Å². The highest BCUT2D eigenvalue weighted by molar-refractivity contribution is 6.10. The molecule has 3 aromatic rings. The number of hydrogen-bond donors (Lipinski definition) is 2. The molecule has 1 amide bonds. The smallest absolute Gasteiger partial charge is 0.356 e. The van der Waals surface area contributed by atoms with E-state index in [2.05, 4.69) is 22.1 Å². The van der Waals surface area contributed by atoms with Crippen molar-refractivity contribution < 1.29 is 24.5 Å². The van der Waals surface area contributed by atoms with Crippen LogP contribution in [0.2, 0.25) is 0 Å². The second-order valence-electron chi connectivity index (χ2n) is 11.7. The molecule has 39 heavy (non-hydrogen) atoms. The number of aliphatic hydroxyl groups excluding tert-OH is 1. The number of benzene rings is 2. The average molecular weight is 529 g/mol. The summed E-state index contributed by atoms with van der Waals surface area (Å²) in [6, 6.07) is 15.5. The quantitative estimate of drug-likeness (QED) is 0.484. The second-order valence-corrected chi connectivity index (χ2v) is 11.7. The van der Waals surface area contributed by atoms with Crippen molar-refractivity contribution in [3.05, 3.63) is 71.0 Å². The Balaban J connectivity index is 1.23. The number of methoxy groups -OCH3 is 1. The number of carboxylic acids is 1. The van der Waals surface area contributed by atoms with Gasteiger partial charge in [0.15, 0.2) is 5.69 Å². The minimum absolute atomic E-state index is 0.0376. The van der Waals surface area contributed by atoms with Crippen LogP contribution in [-0.2, 0) is 10.8 Å². The van der Waals surface area contributed by atoms with Crippen molar-refractivity contribution >= 4 is 17.6 Å². The molecule has 0 radical (unpaired) electrons. The number of fused-ring (bicyclic) bond motifs is 2. The molecule has 1 saturated heterocycles. The van der Waals surface area contributed by atoms with E-state index in [1.807, 2.05) is 12.1 Å². The molecule has 1 atom stereocenters. The van der Waals surface area contributed by atoms with Gasteiger partial charge >= 0.3 is 5.97 Å². The molecule has 0 unspecified atom stereocenters. The van der Waals surface area contributed by atoms with E-state index in [0.717, 1.165) is 57.4 Å². The summed E-state index contributed by atoms with van der Waals surface area (Å²) in [6.07, 6.45) is 4.52. The van der Waals surface area contributed by atoms with Crippen LogP contribution in [0, 0.1) is 0 Å². The minimum Gasteiger partial charge on any atom is -0.497 e. The summed E-state index contributed by atoms with van der Waals surface area (Å²) in [6.45, 7) is 3.09. The molecule has 4 aliphatic rings. The number of β-amino-alcohol motifs (C(OH)–C–C–N with tert-alkyl or cyclic N) is 1. The molecule has 1 spiro atoms. The van der Waals surface area contributed by atoms with Crippen LogP contribution >= 0.6 is 0 Å². The first-order chi connectivity index (χ1) is 18.8. The number of rotatable bonds is 7. The Morgan fingerprint density at radius 2 is 1.74 bits per heavy atom. The van der Waals surface area contributed by atoms with E-state index in [9.17, 15) is 19.8 Å². The van der Waals surface area contributed by atoms with Gasteiger partial charge in [0.25, 0.3) is 5.91 Å². The van der Waals surface area contributed by atoms with E-state index in [1.54, 1.807) is 36.3 Å². The van der Waals surface area contributed by atoms with Crippen LogP contribution in [0.25, 0.3) is 5.69 Å². The Bertz CT molecular complexity index is 1450. The SMILES string of the molecule is COc1ccc(-n2nc(C(=O)O)c3c2C(=O)N(c2ccc(C4(CN5CC[C@@H](O)C5)CC4)cc2)CC32CC2)cc1. The molecule has 2 aromatic carbocycles. The van der Waals surface area contributed by atoms with Crippen molar-refractivity contribution in [2.75, 3.05) is 38.2 Å². The van der Waals surface area contributed by atoms with Gasteiger partial charge in [-0.3, -0.25) is 9.69 Å². The third-order valence-electron chi connectivity index (χ3n) is 9.12. The number of carbonyl (C=O) groups is 2. The van der Waals surface area contributed by atoms with Crippen LogP contribution in [0.15, 0.2) is 48.5 Å². The fourth-order valence-electron chi connectivity index (χ4n) is 6.59. The van der Waals surface area contributed by atoms with Crippen molar-refractivity contribution in [1.82, 2.24) is 14.7 Å². The first kappa shape index (κ1) is 24.4. The predicted octanol–water partition coefficient (Wildman–Crippen LogP) is 3.37. The predicted molar refractivity (Wildman–Crippen MR) is 144 cm³/mol. The average Bonchev–Trinajstić information content (AvgIpc) is 3.82. The molecule has 2 N–H and O–H groups in total.